The molecule has 0 spiro atoms. The van der Waals surface area contributed by atoms with Crippen molar-refractivity contribution in [3.63, 3.8) is 0 Å². The summed E-state index contributed by atoms with van der Waals surface area (Å²) in [7, 11) is 0. The topological polar surface area (TPSA) is 47.1 Å². The smallest absolute Gasteiger partial charge is 0.204 e. The second-order valence-corrected chi connectivity index (χ2v) is 3.82. The number of H-pyrrole nitrogens is 1. The van der Waals surface area contributed by atoms with Crippen LogP contribution in [0.5, 0.6) is 0 Å². The van der Waals surface area contributed by atoms with Gasteiger partial charge in [-0.2, -0.15) is 0 Å². The van der Waals surface area contributed by atoms with Crippen LogP contribution in [-0.4, -0.2) is 16.3 Å². The highest BCUT2D eigenvalue weighted by Crippen LogP contribution is 2.32. The molecular formula is C8H8N2O2S. The molecule has 0 aliphatic carbocycles. The molecule has 0 unspecified atom stereocenters. The zero-order chi connectivity index (χ0) is 8.84. The first-order chi connectivity index (χ1) is 6.33. The van der Waals surface area contributed by atoms with Gasteiger partial charge >= 0.3 is 0 Å². The number of nitrogens with zero attached hydrogens (tertiary/aromatic N) is 1. The molecule has 3 heterocycles. The molecule has 0 radical (unpaired) electrons. The van der Waals surface area contributed by atoms with Gasteiger partial charge in [-0.25, -0.2) is 4.98 Å². The second-order valence-electron chi connectivity index (χ2n) is 2.96. The van der Waals surface area contributed by atoms with Crippen molar-refractivity contribution >= 4 is 21.7 Å². The fourth-order valence-electron chi connectivity index (χ4n) is 1.40. The van der Waals surface area contributed by atoms with Crippen LogP contribution < -0.4 is 0 Å². The van der Waals surface area contributed by atoms with E-state index in [-0.39, 0.29) is 12.6 Å². The van der Waals surface area contributed by atoms with Gasteiger partial charge in [0.15, 0.2) is 6.29 Å². The van der Waals surface area contributed by atoms with E-state index < -0.39 is 0 Å². The third-order valence-electron chi connectivity index (χ3n) is 2.03. The van der Waals surface area contributed by atoms with Gasteiger partial charge in [0.25, 0.3) is 0 Å². The Morgan fingerprint density at radius 1 is 1.54 bits per heavy atom. The van der Waals surface area contributed by atoms with Crippen LogP contribution in [0.15, 0.2) is 11.6 Å². The lowest BCUT2D eigenvalue weighted by atomic mass is 10.4. The van der Waals surface area contributed by atoms with Crippen LogP contribution in [0.3, 0.4) is 0 Å². The van der Waals surface area contributed by atoms with Crippen molar-refractivity contribution in [3.8, 4) is 0 Å². The number of aromatic nitrogens is 2. The number of ether oxygens (including phenoxy) is 2. The number of nitrogens with one attached hydrogen (secondary N) is 1. The highest BCUT2D eigenvalue weighted by atomic mass is 32.1. The van der Waals surface area contributed by atoms with Crippen molar-refractivity contribution in [2.75, 3.05) is 0 Å². The molecule has 13 heavy (non-hydrogen) atoms. The molecule has 68 valence electrons. The van der Waals surface area contributed by atoms with E-state index in [0.717, 1.165) is 16.0 Å². The fourth-order valence-corrected chi connectivity index (χ4v) is 2.08. The van der Waals surface area contributed by atoms with Crippen molar-refractivity contribution in [2.45, 2.75) is 19.5 Å². The molecule has 0 saturated carbocycles. The molecular weight excluding hydrogens is 188 g/mol. The van der Waals surface area contributed by atoms with Gasteiger partial charge in [0.2, 0.25) is 6.29 Å². The summed E-state index contributed by atoms with van der Waals surface area (Å²) >= 11 is 1.58. The zero-order valence-electron chi connectivity index (χ0n) is 6.98. The molecule has 3 rings (SSSR count). The van der Waals surface area contributed by atoms with Crippen LogP contribution in [-0.2, 0) is 9.47 Å². The van der Waals surface area contributed by atoms with Crippen LogP contribution in [0.2, 0.25) is 0 Å². The first-order valence-corrected chi connectivity index (χ1v) is 4.94. The van der Waals surface area contributed by atoms with Crippen LogP contribution >= 0.6 is 11.3 Å². The third-order valence-corrected chi connectivity index (χ3v) is 2.79. The Kier molecular flexibility index (Phi) is 1.46. The maximum Gasteiger partial charge on any atom is 0.204 e. The molecule has 0 amide bonds. The highest BCUT2D eigenvalue weighted by Gasteiger charge is 2.29. The van der Waals surface area contributed by atoms with Crippen LogP contribution in [0.4, 0.5) is 0 Å². The van der Waals surface area contributed by atoms with Gasteiger partial charge in [-0.3, -0.25) is 0 Å². The minimum absolute atomic E-state index is 0.0840. The summed E-state index contributed by atoms with van der Waals surface area (Å²) in [4.78, 5) is 8.45. The zero-order valence-corrected chi connectivity index (χ0v) is 7.80. The first kappa shape index (κ1) is 7.49. The van der Waals surface area contributed by atoms with Crippen molar-refractivity contribution in [1.82, 2.24) is 9.97 Å². The number of hydrogen-bond donors (Lipinski definition) is 1. The van der Waals surface area contributed by atoms with Crippen LogP contribution in [0.25, 0.3) is 10.3 Å². The molecule has 1 N–H and O–H groups in total. The Balaban J connectivity index is 1.95. The van der Waals surface area contributed by atoms with Crippen molar-refractivity contribution in [2.24, 2.45) is 0 Å². The summed E-state index contributed by atoms with van der Waals surface area (Å²) in [6.07, 6.45) is -0.310. The molecule has 0 bridgehead atoms. The molecule has 0 aromatic carbocycles. The van der Waals surface area contributed by atoms with E-state index >= 15 is 0 Å². The average Bonchev–Trinajstić information content (AvgIpc) is 2.55. The van der Waals surface area contributed by atoms with Crippen molar-refractivity contribution < 1.29 is 9.47 Å². The van der Waals surface area contributed by atoms with Crippen LogP contribution in [0.1, 0.15) is 18.9 Å². The Morgan fingerprint density at radius 2 is 2.38 bits per heavy atom. The molecule has 1 fully saturated rings. The molecule has 5 heteroatoms. The monoisotopic (exact) mass is 196 g/mol. The number of fused-ring (bicyclic) bond motifs is 1. The SMILES string of the molecule is CC1OC(c2cc3ncsc3[nH]2)O1. The number of aromatic amines is 1. The largest absolute Gasteiger partial charge is 0.345 e. The minimum atomic E-state index is -0.226. The Morgan fingerprint density at radius 3 is 3.08 bits per heavy atom. The summed E-state index contributed by atoms with van der Waals surface area (Å²) in [5.74, 6) is 0. The highest BCUT2D eigenvalue weighted by molar-refractivity contribution is 7.16. The van der Waals surface area contributed by atoms with E-state index in [1.807, 2.05) is 18.5 Å². The first-order valence-electron chi connectivity index (χ1n) is 4.06. The Hall–Kier alpha value is -0.910. The predicted octanol–water partition coefficient (Wildman–Crippen LogP) is 2.02. The van der Waals surface area contributed by atoms with Gasteiger partial charge in [0.05, 0.1) is 16.7 Å². The average molecular weight is 196 g/mol. The molecule has 0 atom stereocenters. The molecule has 1 aliphatic heterocycles. The lowest BCUT2D eigenvalue weighted by Crippen LogP contribution is -2.31. The van der Waals surface area contributed by atoms with E-state index in [9.17, 15) is 0 Å². The molecule has 1 saturated heterocycles. The molecule has 4 nitrogen and oxygen atoms in total. The lowest BCUT2D eigenvalue weighted by Gasteiger charge is -2.32. The molecule has 2 aromatic rings. The number of thiazole rings is 1. The molecule has 2 aromatic heterocycles. The van der Waals surface area contributed by atoms with E-state index in [0.29, 0.717) is 0 Å². The summed E-state index contributed by atoms with van der Waals surface area (Å²) in [6, 6.07) is 1.96. The van der Waals surface area contributed by atoms with Gasteiger partial charge in [-0.15, -0.1) is 11.3 Å². The second kappa shape index (κ2) is 2.54. The third kappa shape index (κ3) is 1.08. The maximum absolute atomic E-state index is 5.35. The van der Waals surface area contributed by atoms with E-state index in [4.69, 9.17) is 9.47 Å². The van der Waals surface area contributed by atoms with E-state index in [1.54, 1.807) is 11.3 Å². The van der Waals surface area contributed by atoms with Gasteiger partial charge in [0.1, 0.15) is 4.83 Å². The predicted molar refractivity (Wildman–Crippen MR) is 48.3 cm³/mol. The number of rotatable bonds is 1. The van der Waals surface area contributed by atoms with Crippen molar-refractivity contribution in [1.29, 1.82) is 0 Å². The normalized spacial score (nSPS) is 27.8. The maximum atomic E-state index is 5.35. The van der Waals surface area contributed by atoms with Gasteiger partial charge in [-0.1, -0.05) is 0 Å². The quantitative estimate of drug-likeness (QED) is 0.759. The van der Waals surface area contributed by atoms with E-state index in [1.165, 1.54) is 0 Å². The number of hydrogen-bond acceptors (Lipinski definition) is 4. The van der Waals surface area contributed by atoms with Crippen LogP contribution in [0, 0.1) is 0 Å². The summed E-state index contributed by atoms with van der Waals surface area (Å²) in [5, 5.41) is 0. The summed E-state index contributed by atoms with van der Waals surface area (Å²) in [5.41, 5.74) is 3.75. The summed E-state index contributed by atoms with van der Waals surface area (Å²) < 4.78 is 10.7. The van der Waals surface area contributed by atoms with Crippen molar-refractivity contribution in [3.05, 3.63) is 17.3 Å². The fraction of sp³-hybridized carbons (Fsp3) is 0.375. The van der Waals surface area contributed by atoms with Gasteiger partial charge in [-0.05, 0) is 13.0 Å². The summed E-state index contributed by atoms with van der Waals surface area (Å²) in [6.45, 7) is 1.88. The Labute approximate surface area is 78.5 Å². The molecule has 1 aliphatic rings. The van der Waals surface area contributed by atoms with E-state index in [2.05, 4.69) is 9.97 Å². The minimum Gasteiger partial charge on any atom is -0.345 e. The lowest BCUT2D eigenvalue weighted by molar-refractivity contribution is -0.383. The standard InChI is InChI=1S/C8H8N2O2S/c1-4-11-8(12-4)6-2-5-7(10-6)13-3-9-5/h2-4,8,10H,1H3. The van der Waals surface area contributed by atoms with Gasteiger partial charge < -0.3 is 14.5 Å². The Bertz CT molecular complexity index is 401. The van der Waals surface area contributed by atoms with Gasteiger partial charge in [0, 0.05) is 0 Å².